The highest BCUT2D eigenvalue weighted by molar-refractivity contribution is 6.42. The van der Waals surface area contributed by atoms with Crippen molar-refractivity contribution in [1.82, 2.24) is 4.98 Å². The molecule has 72 valence electrons. The molecule has 0 saturated heterocycles. The zero-order valence-corrected chi connectivity index (χ0v) is 8.03. The van der Waals surface area contributed by atoms with Gasteiger partial charge in [-0.25, -0.2) is 13.8 Å². The van der Waals surface area contributed by atoms with Crippen molar-refractivity contribution in [2.45, 2.75) is 6.43 Å². The molecule has 0 aromatic carbocycles. The smallest absolute Gasteiger partial charge is 0.270 e. The average Bonchev–Trinajstić information content (AvgIpc) is 2.08. The van der Waals surface area contributed by atoms with Crippen molar-refractivity contribution < 1.29 is 13.5 Å². The van der Waals surface area contributed by atoms with E-state index in [9.17, 15) is 8.78 Å². The third-order valence-electron chi connectivity index (χ3n) is 1.38. The van der Waals surface area contributed by atoms with Crippen molar-refractivity contribution >= 4 is 23.2 Å². The van der Waals surface area contributed by atoms with Crippen LogP contribution in [-0.4, -0.2) is 12.1 Å². The van der Waals surface area contributed by atoms with Gasteiger partial charge in [0.1, 0.15) is 0 Å². The van der Waals surface area contributed by atoms with Gasteiger partial charge in [-0.15, -0.1) is 0 Å². The molecule has 1 aromatic heterocycles. The normalized spacial score (nSPS) is 10.6. The van der Waals surface area contributed by atoms with Crippen molar-refractivity contribution in [1.29, 1.82) is 0 Å². The molecule has 0 amide bonds. The zero-order valence-electron chi connectivity index (χ0n) is 6.52. The summed E-state index contributed by atoms with van der Waals surface area (Å²) in [6.45, 7) is 0. The lowest BCUT2D eigenvalue weighted by molar-refractivity contribution is 0.146. The summed E-state index contributed by atoms with van der Waals surface area (Å²) in [7, 11) is 1.23. The number of alkyl halides is 2. The van der Waals surface area contributed by atoms with E-state index in [0.717, 1.165) is 6.20 Å². The van der Waals surface area contributed by atoms with Gasteiger partial charge in [0.2, 0.25) is 5.88 Å². The van der Waals surface area contributed by atoms with Crippen molar-refractivity contribution in [3.05, 3.63) is 21.8 Å². The van der Waals surface area contributed by atoms with Gasteiger partial charge in [-0.05, 0) is 0 Å². The molecule has 0 spiro atoms. The van der Waals surface area contributed by atoms with E-state index in [1.165, 1.54) is 7.11 Å². The maximum absolute atomic E-state index is 12.4. The predicted molar refractivity (Wildman–Crippen MR) is 45.8 cm³/mol. The third-order valence-corrected chi connectivity index (χ3v) is 2.17. The number of pyridine rings is 1. The van der Waals surface area contributed by atoms with E-state index < -0.39 is 12.0 Å². The number of halogens is 4. The maximum Gasteiger partial charge on any atom is 0.270 e. The summed E-state index contributed by atoms with van der Waals surface area (Å²) in [5, 5.41) is -0.235. The number of aromatic nitrogens is 1. The molecule has 0 saturated carbocycles. The molecule has 0 aliphatic carbocycles. The Kier molecular flexibility index (Phi) is 3.27. The van der Waals surface area contributed by atoms with Crippen molar-refractivity contribution in [3.63, 3.8) is 0 Å². The van der Waals surface area contributed by atoms with Gasteiger partial charge in [0.15, 0.2) is 0 Å². The molecular formula is C7H5Cl2F2NO. The van der Waals surface area contributed by atoms with Gasteiger partial charge in [-0.3, -0.25) is 0 Å². The summed E-state index contributed by atoms with van der Waals surface area (Å²) in [6.07, 6.45) is -1.59. The minimum atomic E-state index is -2.76. The summed E-state index contributed by atoms with van der Waals surface area (Å²) in [5.74, 6) is -0.204. The van der Waals surface area contributed by atoms with Gasteiger partial charge < -0.3 is 4.74 Å². The SMILES string of the molecule is COc1ncc(Cl)c(Cl)c1C(F)F. The number of nitrogens with zero attached hydrogens (tertiary/aromatic N) is 1. The highest BCUT2D eigenvalue weighted by Crippen LogP contribution is 2.37. The lowest BCUT2D eigenvalue weighted by Gasteiger charge is -2.08. The molecule has 0 bridgehead atoms. The predicted octanol–water partition coefficient (Wildman–Crippen LogP) is 3.33. The van der Waals surface area contributed by atoms with Crippen molar-refractivity contribution in [3.8, 4) is 5.88 Å². The average molecular weight is 228 g/mol. The molecule has 2 nitrogen and oxygen atoms in total. The highest BCUT2D eigenvalue weighted by Gasteiger charge is 2.21. The van der Waals surface area contributed by atoms with Crippen molar-refractivity contribution in [2.75, 3.05) is 7.11 Å². The van der Waals surface area contributed by atoms with E-state index in [1.807, 2.05) is 0 Å². The van der Waals surface area contributed by atoms with Gasteiger partial charge in [0, 0.05) is 0 Å². The molecule has 0 aliphatic heterocycles. The molecule has 0 N–H and O–H groups in total. The molecule has 0 atom stereocenters. The van der Waals surface area contributed by atoms with Crippen LogP contribution in [0.25, 0.3) is 0 Å². The molecule has 1 rings (SSSR count). The molecule has 0 unspecified atom stereocenters. The second-order valence-electron chi connectivity index (χ2n) is 2.14. The van der Waals surface area contributed by atoms with Crippen LogP contribution in [0.5, 0.6) is 5.88 Å². The van der Waals surface area contributed by atoms with Crippen LogP contribution in [0.3, 0.4) is 0 Å². The van der Waals surface area contributed by atoms with E-state index in [-0.39, 0.29) is 15.9 Å². The minimum absolute atomic E-state index is 0.0160. The van der Waals surface area contributed by atoms with E-state index in [4.69, 9.17) is 23.2 Å². The van der Waals surface area contributed by atoms with Crippen LogP contribution in [-0.2, 0) is 0 Å². The lowest BCUT2D eigenvalue weighted by Crippen LogP contribution is -1.96. The number of ether oxygens (including phenoxy) is 1. The molecule has 13 heavy (non-hydrogen) atoms. The van der Waals surface area contributed by atoms with Gasteiger partial charge in [-0.1, -0.05) is 23.2 Å². The first-order valence-electron chi connectivity index (χ1n) is 3.24. The minimum Gasteiger partial charge on any atom is -0.481 e. The fourth-order valence-electron chi connectivity index (χ4n) is 0.816. The first kappa shape index (κ1) is 10.5. The Labute approximate surface area is 83.4 Å². The Morgan fingerprint density at radius 3 is 2.54 bits per heavy atom. The Hall–Kier alpha value is -0.610. The van der Waals surface area contributed by atoms with Crippen LogP contribution in [0.1, 0.15) is 12.0 Å². The Bertz CT molecular complexity index is 320. The second kappa shape index (κ2) is 4.07. The van der Waals surface area contributed by atoms with Gasteiger partial charge >= 0.3 is 0 Å². The molecule has 6 heteroatoms. The van der Waals surface area contributed by atoms with E-state index in [0.29, 0.717) is 0 Å². The van der Waals surface area contributed by atoms with E-state index in [2.05, 4.69) is 9.72 Å². The summed E-state index contributed by atoms with van der Waals surface area (Å²) < 4.78 is 29.4. The molecule has 0 radical (unpaired) electrons. The molecule has 1 aromatic rings. The number of rotatable bonds is 2. The van der Waals surface area contributed by atoms with Gasteiger partial charge in [0.25, 0.3) is 6.43 Å². The molecule has 0 fully saturated rings. The zero-order chi connectivity index (χ0) is 10.0. The monoisotopic (exact) mass is 227 g/mol. The van der Waals surface area contributed by atoms with E-state index >= 15 is 0 Å². The Morgan fingerprint density at radius 1 is 1.46 bits per heavy atom. The summed E-state index contributed by atoms with van der Waals surface area (Å²) in [6, 6.07) is 0. The van der Waals surface area contributed by atoms with Crippen LogP contribution in [0.2, 0.25) is 10.0 Å². The number of hydrogen-bond donors (Lipinski definition) is 0. The van der Waals surface area contributed by atoms with Crippen LogP contribution in [0.15, 0.2) is 6.20 Å². The van der Waals surface area contributed by atoms with Gasteiger partial charge in [-0.2, -0.15) is 0 Å². The third kappa shape index (κ3) is 2.00. The lowest BCUT2D eigenvalue weighted by atomic mass is 10.3. The largest absolute Gasteiger partial charge is 0.481 e. The summed E-state index contributed by atoms with van der Waals surface area (Å²) >= 11 is 11.0. The second-order valence-corrected chi connectivity index (χ2v) is 2.93. The Morgan fingerprint density at radius 2 is 2.08 bits per heavy atom. The molecular weight excluding hydrogens is 223 g/mol. The van der Waals surface area contributed by atoms with Gasteiger partial charge in [0.05, 0.1) is 28.9 Å². The first-order valence-corrected chi connectivity index (χ1v) is 3.99. The van der Waals surface area contributed by atoms with Crippen LogP contribution < -0.4 is 4.74 Å². The van der Waals surface area contributed by atoms with Crippen LogP contribution in [0.4, 0.5) is 8.78 Å². The highest BCUT2D eigenvalue weighted by atomic mass is 35.5. The topological polar surface area (TPSA) is 22.1 Å². The summed E-state index contributed by atoms with van der Waals surface area (Å²) in [4.78, 5) is 3.56. The number of hydrogen-bond acceptors (Lipinski definition) is 2. The molecule has 1 heterocycles. The van der Waals surface area contributed by atoms with Crippen LogP contribution in [0, 0.1) is 0 Å². The van der Waals surface area contributed by atoms with Crippen molar-refractivity contribution in [2.24, 2.45) is 0 Å². The first-order chi connectivity index (χ1) is 6.07. The fourth-order valence-corrected chi connectivity index (χ4v) is 1.18. The quantitative estimate of drug-likeness (QED) is 0.774. The summed E-state index contributed by atoms with van der Waals surface area (Å²) in [5.41, 5.74) is -0.475. The standard InChI is InChI=1S/C7H5Cl2F2NO/c1-13-7-4(6(10)11)5(9)3(8)2-12-7/h2,6H,1H3. The maximum atomic E-state index is 12.4. The number of methoxy groups -OCH3 is 1. The van der Waals surface area contributed by atoms with Crippen LogP contribution >= 0.6 is 23.2 Å². The molecule has 0 aliphatic rings. The van der Waals surface area contributed by atoms with E-state index in [1.54, 1.807) is 0 Å². The fraction of sp³-hybridized carbons (Fsp3) is 0.286. The Balaban J connectivity index is 3.32.